The normalized spacial score (nSPS) is 13.3. The molecule has 2 aliphatic heterocycles. The van der Waals surface area contributed by atoms with Gasteiger partial charge in [0, 0.05) is 11.1 Å². The molecule has 0 spiro atoms. The van der Waals surface area contributed by atoms with E-state index in [9.17, 15) is 19.2 Å². The number of hydrogen-bond donors (Lipinski definition) is 0. The molecule has 0 saturated carbocycles. The quantitative estimate of drug-likeness (QED) is 0.157. The summed E-state index contributed by atoms with van der Waals surface area (Å²) in [6.45, 7) is 0. The lowest BCUT2D eigenvalue weighted by Gasteiger charge is -2.14. The van der Waals surface area contributed by atoms with Crippen molar-refractivity contribution in [3.8, 4) is 47.7 Å². The Hall–Kier alpha value is -6.90. The Morgan fingerprint density at radius 3 is 1.20 bits per heavy atom. The number of carbonyl (C=O) groups is 4. The van der Waals surface area contributed by atoms with Gasteiger partial charge in [-0.3, -0.25) is 19.2 Å². The predicted molar refractivity (Wildman–Crippen MR) is 171 cm³/mol. The van der Waals surface area contributed by atoms with Gasteiger partial charge in [-0.1, -0.05) is 24.0 Å². The highest BCUT2D eigenvalue weighted by Crippen LogP contribution is 2.35. The van der Waals surface area contributed by atoms with Gasteiger partial charge in [0.2, 0.25) is 0 Å². The van der Waals surface area contributed by atoms with Crippen LogP contribution in [0.3, 0.4) is 0 Å². The number of benzene rings is 5. The van der Waals surface area contributed by atoms with E-state index in [0.717, 1.165) is 9.80 Å². The van der Waals surface area contributed by atoms with Crippen LogP contribution in [0.1, 0.15) is 52.6 Å². The van der Waals surface area contributed by atoms with Gasteiger partial charge in [-0.05, 0) is 97.1 Å². The SMILES string of the molecule is C#Cc1cccc(N2C(=O)c3ccc(Oc4ccc(Oc5ccc6c(c5)C(=O)N(c5cccc(C#C)c5)C6=O)cc4)cc3C2=O)c1. The summed E-state index contributed by atoms with van der Waals surface area (Å²) in [6.07, 6.45) is 11.0. The van der Waals surface area contributed by atoms with E-state index in [1.807, 2.05) is 0 Å². The van der Waals surface area contributed by atoms with E-state index < -0.39 is 23.6 Å². The number of ether oxygens (including phenoxy) is 2. The first-order valence-corrected chi connectivity index (χ1v) is 14.0. The largest absolute Gasteiger partial charge is 0.457 e. The molecular weight excluding hydrogens is 580 g/mol. The summed E-state index contributed by atoms with van der Waals surface area (Å²) >= 11 is 0. The van der Waals surface area contributed by atoms with Crippen molar-refractivity contribution in [1.82, 2.24) is 0 Å². The van der Waals surface area contributed by atoms with Gasteiger partial charge >= 0.3 is 0 Å². The van der Waals surface area contributed by atoms with Gasteiger partial charge in [-0.25, -0.2) is 9.80 Å². The number of imide groups is 2. The molecule has 5 aromatic rings. The molecule has 2 heterocycles. The Balaban J connectivity index is 1.05. The van der Waals surface area contributed by atoms with Crippen molar-refractivity contribution in [3.63, 3.8) is 0 Å². The summed E-state index contributed by atoms with van der Waals surface area (Å²) in [5.74, 6) is 4.85. The molecule has 0 N–H and O–H groups in total. The second-order valence-electron chi connectivity index (χ2n) is 10.4. The zero-order valence-corrected chi connectivity index (χ0v) is 23.9. The summed E-state index contributed by atoms with van der Waals surface area (Å²) < 4.78 is 11.9. The molecule has 0 aliphatic carbocycles. The summed E-state index contributed by atoms with van der Waals surface area (Å²) in [5.41, 5.74) is 2.88. The van der Waals surface area contributed by atoms with Crippen molar-refractivity contribution in [1.29, 1.82) is 0 Å². The number of rotatable bonds is 6. The smallest absolute Gasteiger partial charge is 0.266 e. The lowest BCUT2D eigenvalue weighted by Crippen LogP contribution is -2.29. The van der Waals surface area contributed by atoms with Crippen LogP contribution in [-0.4, -0.2) is 23.6 Å². The van der Waals surface area contributed by atoms with E-state index in [4.69, 9.17) is 22.3 Å². The topological polar surface area (TPSA) is 93.2 Å². The lowest BCUT2D eigenvalue weighted by atomic mass is 10.1. The van der Waals surface area contributed by atoms with Crippen LogP contribution in [0.2, 0.25) is 0 Å². The number of terminal acetylenes is 2. The molecule has 7 rings (SSSR count). The van der Waals surface area contributed by atoms with Gasteiger partial charge in [0.1, 0.15) is 23.0 Å². The highest BCUT2D eigenvalue weighted by Gasteiger charge is 2.38. The van der Waals surface area contributed by atoms with E-state index >= 15 is 0 Å². The molecule has 0 saturated heterocycles. The number of amides is 4. The minimum atomic E-state index is -0.470. The molecule has 5 aromatic carbocycles. The summed E-state index contributed by atoms with van der Waals surface area (Å²) in [7, 11) is 0. The second kappa shape index (κ2) is 11.0. The Bertz CT molecular complexity index is 2060. The van der Waals surface area contributed by atoms with Gasteiger partial charge in [-0.15, -0.1) is 12.8 Å². The third-order valence-corrected chi connectivity index (χ3v) is 7.55. The van der Waals surface area contributed by atoms with Crippen LogP contribution in [0.5, 0.6) is 23.0 Å². The molecule has 0 unspecified atom stereocenters. The van der Waals surface area contributed by atoms with Crippen molar-refractivity contribution >= 4 is 35.0 Å². The fraction of sp³-hybridized carbons (Fsp3) is 0. The van der Waals surface area contributed by atoms with Crippen LogP contribution in [0, 0.1) is 24.7 Å². The highest BCUT2D eigenvalue weighted by molar-refractivity contribution is 6.35. The molecule has 0 aromatic heterocycles. The number of carbonyl (C=O) groups excluding carboxylic acids is 4. The van der Waals surface area contributed by atoms with Crippen molar-refractivity contribution in [2.24, 2.45) is 0 Å². The summed E-state index contributed by atoms with van der Waals surface area (Å²) in [4.78, 5) is 54.6. The van der Waals surface area contributed by atoms with Gasteiger partial charge in [-0.2, -0.15) is 0 Å². The van der Waals surface area contributed by atoms with Gasteiger partial charge < -0.3 is 9.47 Å². The predicted octanol–water partition coefficient (Wildman–Crippen LogP) is 6.84. The molecule has 8 heteroatoms. The van der Waals surface area contributed by atoms with Crippen molar-refractivity contribution in [2.75, 3.05) is 9.80 Å². The first-order chi connectivity index (χ1) is 22.3. The monoisotopic (exact) mass is 600 g/mol. The van der Waals surface area contributed by atoms with Crippen LogP contribution >= 0.6 is 0 Å². The minimum absolute atomic E-state index is 0.223. The Morgan fingerprint density at radius 1 is 0.435 bits per heavy atom. The standard InChI is InChI=1S/C38H20N2O6/c1-3-23-7-5-9-25(19-23)39-35(41)31-17-15-29(21-33(31)37(39)43)45-27-11-13-28(14-12-27)46-30-16-18-32-34(22-30)38(44)40(36(32)42)26-10-6-8-24(4-2)20-26/h1-2,5-22H. The molecule has 46 heavy (non-hydrogen) atoms. The van der Waals surface area contributed by atoms with E-state index in [1.165, 1.54) is 12.1 Å². The first kappa shape index (κ1) is 27.9. The van der Waals surface area contributed by atoms with E-state index in [0.29, 0.717) is 45.5 Å². The highest BCUT2D eigenvalue weighted by atomic mass is 16.5. The first-order valence-electron chi connectivity index (χ1n) is 14.0. The number of hydrogen-bond acceptors (Lipinski definition) is 6. The average Bonchev–Trinajstić information content (AvgIpc) is 3.48. The van der Waals surface area contributed by atoms with Crippen LogP contribution in [-0.2, 0) is 0 Å². The second-order valence-corrected chi connectivity index (χ2v) is 10.4. The minimum Gasteiger partial charge on any atom is -0.457 e. The fourth-order valence-electron chi connectivity index (χ4n) is 5.35. The maximum atomic E-state index is 13.2. The Kier molecular flexibility index (Phi) is 6.66. The van der Waals surface area contributed by atoms with Crippen molar-refractivity contribution in [3.05, 3.63) is 143 Å². The molecule has 218 valence electrons. The summed E-state index contributed by atoms with van der Waals surface area (Å²) in [6, 6.07) is 29.4. The number of fused-ring (bicyclic) bond motifs is 2. The van der Waals surface area contributed by atoms with Crippen LogP contribution in [0.25, 0.3) is 0 Å². The molecular formula is C38H20N2O6. The molecule has 0 atom stereocenters. The maximum Gasteiger partial charge on any atom is 0.266 e. The van der Waals surface area contributed by atoms with Gasteiger partial charge in [0.15, 0.2) is 0 Å². The Labute approximate surface area is 263 Å². The zero-order chi connectivity index (χ0) is 31.9. The van der Waals surface area contributed by atoms with Crippen molar-refractivity contribution < 1.29 is 28.7 Å². The third-order valence-electron chi connectivity index (χ3n) is 7.55. The van der Waals surface area contributed by atoms with E-state index in [1.54, 1.807) is 97.1 Å². The molecule has 4 amide bonds. The summed E-state index contributed by atoms with van der Waals surface area (Å²) in [5, 5.41) is 0. The molecule has 0 radical (unpaired) electrons. The zero-order valence-electron chi connectivity index (χ0n) is 23.9. The average molecular weight is 601 g/mol. The molecule has 0 fully saturated rings. The van der Waals surface area contributed by atoms with E-state index in [2.05, 4.69) is 11.8 Å². The van der Waals surface area contributed by atoms with Gasteiger partial charge in [0.25, 0.3) is 23.6 Å². The fourth-order valence-corrected chi connectivity index (χ4v) is 5.35. The molecule has 0 bridgehead atoms. The molecule has 2 aliphatic rings. The third kappa shape index (κ3) is 4.73. The van der Waals surface area contributed by atoms with Gasteiger partial charge in [0.05, 0.1) is 33.6 Å². The molecule has 8 nitrogen and oxygen atoms in total. The van der Waals surface area contributed by atoms with Crippen LogP contribution in [0.15, 0.2) is 109 Å². The lowest BCUT2D eigenvalue weighted by molar-refractivity contribution is 0.0910. The number of nitrogens with zero attached hydrogens (tertiary/aromatic N) is 2. The van der Waals surface area contributed by atoms with Crippen molar-refractivity contribution in [2.45, 2.75) is 0 Å². The Morgan fingerprint density at radius 2 is 0.804 bits per heavy atom. The van der Waals surface area contributed by atoms with Crippen LogP contribution in [0.4, 0.5) is 11.4 Å². The van der Waals surface area contributed by atoms with E-state index in [-0.39, 0.29) is 22.3 Å². The maximum absolute atomic E-state index is 13.2. The number of anilines is 2. The van der Waals surface area contributed by atoms with Crippen LogP contribution < -0.4 is 19.3 Å².